The fraction of sp³-hybridized carbons (Fsp3) is 0.667. The first-order chi connectivity index (χ1) is 5.07. The molecule has 0 fully saturated rings. The highest BCUT2D eigenvalue weighted by Crippen LogP contribution is 2.13. The summed E-state index contributed by atoms with van der Waals surface area (Å²) in [5.74, 6) is -1.51. The lowest BCUT2D eigenvalue weighted by Gasteiger charge is -2.06. The quantitative estimate of drug-likeness (QED) is 0.647. The van der Waals surface area contributed by atoms with Gasteiger partial charge in [-0.3, -0.25) is 9.59 Å². The van der Waals surface area contributed by atoms with Crippen LogP contribution in [0.2, 0.25) is 0 Å². The van der Waals surface area contributed by atoms with E-state index in [-0.39, 0.29) is 6.42 Å². The summed E-state index contributed by atoms with van der Waals surface area (Å²) in [4.78, 5) is 20.5. The Morgan fingerprint density at radius 2 is 2.00 bits per heavy atom. The van der Waals surface area contributed by atoms with E-state index in [0.29, 0.717) is 5.75 Å². The lowest BCUT2D eigenvalue weighted by atomic mass is 10.3. The average Bonchev–Trinajstić information content (AvgIpc) is 1.86. The summed E-state index contributed by atoms with van der Waals surface area (Å²) in [6, 6.07) is 0. The van der Waals surface area contributed by atoms with Crippen LogP contribution in [0.4, 0.5) is 0 Å². The molecule has 0 unspecified atom stereocenters. The van der Waals surface area contributed by atoms with Crippen LogP contribution in [0.3, 0.4) is 0 Å². The zero-order chi connectivity index (χ0) is 8.85. The van der Waals surface area contributed by atoms with Crippen LogP contribution in [0.15, 0.2) is 0 Å². The highest BCUT2D eigenvalue weighted by atomic mass is 32.2. The largest absolute Gasteiger partial charge is 0.481 e. The van der Waals surface area contributed by atoms with Crippen LogP contribution in [-0.2, 0) is 9.59 Å². The Bertz CT molecular complexity index is 157. The molecule has 0 aliphatic rings. The lowest BCUT2D eigenvalue weighted by Crippen LogP contribution is -2.20. The predicted molar refractivity (Wildman–Crippen MR) is 41.8 cm³/mol. The van der Waals surface area contributed by atoms with Crippen molar-refractivity contribution in [2.75, 3.05) is 5.75 Å². The van der Waals surface area contributed by atoms with E-state index in [1.807, 2.05) is 0 Å². The van der Waals surface area contributed by atoms with Crippen LogP contribution in [0.5, 0.6) is 0 Å². The molecule has 0 aromatic rings. The molecule has 0 bridgehead atoms. The number of hydrogen-bond acceptors (Lipinski definition) is 3. The van der Waals surface area contributed by atoms with E-state index in [0.717, 1.165) is 11.8 Å². The minimum Gasteiger partial charge on any atom is -0.481 e. The van der Waals surface area contributed by atoms with Crippen molar-refractivity contribution in [2.24, 2.45) is 0 Å². The van der Waals surface area contributed by atoms with Crippen LogP contribution >= 0.6 is 11.8 Å². The fourth-order valence-electron chi connectivity index (χ4n) is 0.577. The molecule has 0 aromatic heterocycles. The smallest absolute Gasteiger partial charge is 0.317 e. The third-order valence-electron chi connectivity index (χ3n) is 1.00. The summed E-state index contributed by atoms with van der Waals surface area (Å²) in [7, 11) is 0. The van der Waals surface area contributed by atoms with Gasteiger partial charge in [-0.1, -0.05) is 6.92 Å². The second kappa shape index (κ2) is 5.01. The molecular formula is C6H10O4S. The number of aliphatic carboxylic acids is 2. The Kier molecular flexibility index (Phi) is 4.69. The van der Waals surface area contributed by atoms with Gasteiger partial charge in [0.15, 0.2) is 0 Å². The van der Waals surface area contributed by atoms with Gasteiger partial charge in [0, 0.05) is 0 Å². The van der Waals surface area contributed by atoms with Crippen molar-refractivity contribution in [1.82, 2.24) is 0 Å². The standard InChI is InChI=1S/C6H10O4S/c1-2-11-4(6(9)10)3-5(7)8/h4H,2-3H2,1H3,(H,7,8)(H,9,10)/t4-/m1/s1. The molecule has 2 N–H and O–H groups in total. The molecule has 5 heteroatoms. The van der Waals surface area contributed by atoms with Gasteiger partial charge in [-0.2, -0.15) is 0 Å². The number of carbonyl (C=O) groups is 2. The molecule has 0 rings (SSSR count). The van der Waals surface area contributed by atoms with Gasteiger partial charge in [0.2, 0.25) is 0 Å². The minimum absolute atomic E-state index is 0.312. The number of thioether (sulfide) groups is 1. The molecular weight excluding hydrogens is 168 g/mol. The maximum atomic E-state index is 10.3. The van der Waals surface area contributed by atoms with Gasteiger partial charge in [-0.15, -0.1) is 11.8 Å². The van der Waals surface area contributed by atoms with Gasteiger partial charge in [0.05, 0.1) is 6.42 Å². The van der Waals surface area contributed by atoms with Crippen LogP contribution in [0.25, 0.3) is 0 Å². The van der Waals surface area contributed by atoms with Crippen molar-refractivity contribution < 1.29 is 19.8 Å². The van der Waals surface area contributed by atoms with Crippen molar-refractivity contribution in [3.05, 3.63) is 0 Å². The Morgan fingerprint density at radius 1 is 1.45 bits per heavy atom. The Balaban J connectivity index is 3.89. The predicted octanol–water partition coefficient (Wildman–Crippen LogP) is 0.667. The van der Waals surface area contributed by atoms with E-state index < -0.39 is 17.2 Å². The Labute approximate surface area is 68.6 Å². The van der Waals surface area contributed by atoms with Gasteiger partial charge in [0.25, 0.3) is 0 Å². The Hall–Kier alpha value is -0.710. The SMILES string of the molecule is CCS[C@H](CC(=O)O)C(=O)O. The monoisotopic (exact) mass is 178 g/mol. The molecule has 0 aliphatic heterocycles. The second-order valence-corrected chi connectivity index (χ2v) is 3.36. The van der Waals surface area contributed by atoms with Crippen molar-refractivity contribution in [3.8, 4) is 0 Å². The molecule has 0 saturated heterocycles. The molecule has 0 spiro atoms. The summed E-state index contributed by atoms with van der Waals surface area (Å²) in [5.41, 5.74) is 0. The third-order valence-corrected chi connectivity index (χ3v) is 2.11. The summed E-state index contributed by atoms with van der Waals surface area (Å²) in [6.07, 6.45) is -0.312. The normalized spacial score (nSPS) is 12.5. The second-order valence-electron chi connectivity index (χ2n) is 1.88. The van der Waals surface area contributed by atoms with Crippen molar-refractivity contribution >= 4 is 23.7 Å². The van der Waals surface area contributed by atoms with Crippen molar-refractivity contribution in [1.29, 1.82) is 0 Å². The number of rotatable bonds is 5. The number of carboxylic acids is 2. The molecule has 0 saturated carbocycles. The lowest BCUT2D eigenvalue weighted by molar-refractivity contribution is -0.142. The maximum Gasteiger partial charge on any atom is 0.317 e. The molecule has 64 valence electrons. The van der Waals surface area contributed by atoms with Crippen LogP contribution in [0.1, 0.15) is 13.3 Å². The summed E-state index contributed by atoms with van der Waals surface area (Å²) in [6.45, 7) is 1.79. The minimum atomic E-state index is -1.07. The van der Waals surface area contributed by atoms with Gasteiger partial charge in [-0.25, -0.2) is 0 Å². The molecule has 0 radical (unpaired) electrons. The van der Waals surface area contributed by atoms with E-state index in [1.54, 1.807) is 6.92 Å². The third kappa shape index (κ3) is 4.66. The zero-order valence-corrected chi connectivity index (χ0v) is 6.93. The summed E-state index contributed by atoms with van der Waals surface area (Å²) in [5, 5.41) is 15.9. The van der Waals surface area contributed by atoms with E-state index >= 15 is 0 Å². The average molecular weight is 178 g/mol. The molecule has 4 nitrogen and oxygen atoms in total. The van der Waals surface area contributed by atoms with Crippen molar-refractivity contribution in [2.45, 2.75) is 18.6 Å². The van der Waals surface area contributed by atoms with Crippen LogP contribution in [0, 0.1) is 0 Å². The molecule has 1 atom stereocenters. The highest BCUT2D eigenvalue weighted by Gasteiger charge is 2.19. The maximum absolute atomic E-state index is 10.3. The van der Waals surface area contributed by atoms with Crippen LogP contribution in [-0.4, -0.2) is 33.2 Å². The summed E-state index contributed by atoms with van der Waals surface area (Å²) < 4.78 is 0. The fourth-order valence-corrected chi connectivity index (χ4v) is 1.38. The van der Waals surface area contributed by atoms with Gasteiger partial charge >= 0.3 is 11.9 Å². The topological polar surface area (TPSA) is 74.6 Å². The van der Waals surface area contributed by atoms with Gasteiger partial charge in [0.1, 0.15) is 5.25 Å². The molecule has 0 heterocycles. The van der Waals surface area contributed by atoms with E-state index in [2.05, 4.69) is 0 Å². The van der Waals surface area contributed by atoms with Crippen LogP contribution < -0.4 is 0 Å². The van der Waals surface area contributed by atoms with Gasteiger partial charge < -0.3 is 10.2 Å². The Morgan fingerprint density at radius 3 is 2.27 bits per heavy atom. The summed E-state index contributed by atoms with van der Waals surface area (Å²) >= 11 is 1.13. The van der Waals surface area contributed by atoms with Gasteiger partial charge in [-0.05, 0) is 5.75 Å². The van der Waals surface area contributed by atoms with E-state index in [4.69, 9.17) is 10.2 Å². The molecule has 11 heavy (non-hydrogen) atoms. The first kappa shape index (κ1) is 10.3. The van der Waals surface area contributed by atoms with E-state index in [9.17, 15) is 9.59 Å². The molecule has 0 aromatic carbocycles. The molecule has 0 amide bonds. The van der Waals surface area contributed by atoms with Crippen molar-refractivity contribution in [3.63, 3.8) is 0 Å². The number of carboxylic acid groups (broad SMARTS) is 2. The molecule has 0 aliphatic carbocycles. The highest BCUT2D eigenvalue weighted by molar-refractivity contribution is 8.00. The zero-order valence-electron chi connectivity index (χ0n) is 6.11. The first-order valence-corrected chi connectivity index (χ1v) is 4.19. The number of hydrogen-bond donors (Lipinski definition) is 2. The first-order valence-electron chi connectivity index (χ1n) is 3.14. The van der Waals surface area contributed by atoms with E-state index in [1.165, 1.54) is 0 Å².